The molecule has 0 aliphatic rings. The fraction of sp³-hybridized carbons (Fsp3) is 0.455. The van der Waals surface area contributed by atoms with E-state index in [9.17, 15) is 0 Å². The van der Waals surface area contributed by atoms with Crippen molar-refractivity contribution in [3.05, 3.63) is 16.1 Å². The molecule has 96 valence electrons. The van der Waals surface area contributed by atoms with E-state index in [4.69, 9.17) is 25.1 Å². The van der Waals surface area contributed by atoms with E-state index in [1.54, 1.807) is 6.07 Å². The third-order valence-electron chi connectivity index (χ3n) is 2.40. The fourth-order valence-corrected chi connectivity index (χ4v) is 2.28. The largest absolute Gasteiger partial charge is 0.495 e. The van der Waals surface area contributed by atoms with Crippen molar-refractivity contribution in [2.75, 3.05) is 27.9 Å². The summed E-state index contributed by atoms with van der Waals surface area (Å²) in [6.07, 6.45) is 0. The van der Waals surface area contributed by atoms with Crippen molar-refractivity contribution in [2.24, 2.45) is 5.73 Å². The van der Waals surface area contributed by atoms with Gasteiger partial charge in [0.1, 0.15) is 10.2 Å². The van der Waals surface area contributed by atoms with Crippen LogP contribution in [0.15, 0.2) is 10.5 Å². The number of hydrogen-bond acceptors (Lipinski definition) is 5. The number of halogens is 1. The first kappa shape index (κ1) is 14.1. The summed E-state index contributed by atoms with van der Waals surface area (Å²) in [5, 5.41) is 9.12. The SMILES string of the molecule is COc1cc(C(N)CO)c(OC)c(Br)c1OC. The lowest BCUT2D eigenvalue weighted by molar-refractivity contribution is 0.263. The maximum atomic E-state index is 9.12. The van der Waals surface area contributed by atoms with Crippen LogP contribution in [-0.2, 0) is 0 Å². The predicted octanol–water partition coefficient (Wildman–Crippen LogP) is 1.47. The molecule has 0 amide bonds. The van der Waals surface area contributed by atoms with Crippen molar-refractivity contribution < 1.29 is 19.3 Å². The number of ether oxygens (including phenoxy) is 3. The molecule has 0 fully saturated rings. The maximum absolute atomic E-state index is 9.12. The fourth-order valence-electron chi connectivity index (χ4n) is 1.53. The topological polar surface area (TPSA) is 73.9 Å². The number of rotatable bonds is 5. The summed E-state index contributed by atoms with van der Waals surface area (Å²) in [4.78, 5) is 0. The average molecular weight is 306 g/mol. The van der Waals surface area contributed by atoms with Crippen LogP contribution in [-0.4, -0.2) is 33.0 Å². The summed E-state index contributed by atoms with van der Waals surface area (Å²) >= 11 is 3.37. The minimum Gasteiger partial charge on any atom is -0.495 e. The highest BCUT2D eigenvalue weighted by Gasteiger charge is 2.21. The molecule has 1 unspecified atom stereocenters. The van der Waals surface area contributed by atoms with Crippen molar-refractivity contribution in [3.63, 3.8) is 0 Å². The Morgan fingerprint density at radius 3 is 2.24 bits per heavy atom. The number of aliphatic hydroxyl groups is 1. The molecule has 1 aromatic rings. The molecule has 0 radical (unpaired) electrons. The molecule has 1 atom stereocenters. The second kappa shape index (κ2) is 6.09. The highest BCUT2D eigenvalue weighted by atomic mass is 79.9. The Bertz CT molecular complexity index is 398. The van der Waals surface area contributed by atoms with E-state index in [0.717, 1.165) is 0 Å². The van der Waals surface area contributed by atoms with Crippen LogP contribution in [0.25, 0.3) is 0 Å². The van der Waals surface area contributed by atoms with Crippen molar-refractivity contribution in [2.45, 2.75) is 6.04 Å². The molecule has 0 bridgehead atoms. The number of hydrogen-bond donors (Lipinski definition) is 2. The first-order valence-electron chi connectivity index (χ1n) is 4.95. The first-order valence-corrected chi connectivity index (χ1v) is 5.74. The molecule has 6 heteroatoms. The molecule has 0 saturated heterocycles. The highest BCUT2D eigenvalue weighted by Crippen LogP contribution is 2.45. The lowest BCUT2D eigenvalue weighted by atomic mass is 10.1. The molecule has 0 heterocycles. The van der Waals surface area contributed by atoms with Gasteiger partial charge in [0, 0.05) is 5.56 Å². The molecular formula is C11H16BrNO4. The van der Waals surface area contributed by atoms with Gasteiger partial charge in [0.25, 0.3) is 0 Å². The third kappa shape index (κ3) is 2.65. The van der Waals surface area contributed by atoms with Gasteiger partial charge in [-0.2, -0.15) is 0 Å². The Morgan fingerprint density at radius 2 is 1.82 bits per heavy atom. The van der Waals surface area contributed by atoms with Gasteiger partial charge in [-0.3, -0.25) is 0 Å². The van der Waals surface area contributed by atoms with E-state index in [-0.39, 0.29) is 6.61 Å². The zero-order valence-corrected chi connectivity index (χ0v) is 11.6. The van der Waals surface area contributed by atoms with E-state index in [1.807, 2.05) is 0 Å². The van der Waals surface area contributed by atoms with E-state index < -0.39 is 6.04 Å². The van der Waals surface area contributed by atoms with Gasteiger partial charge in [-0.1, -0.05) is 0 Å². The number of aliphatic hydroxyl groups excluding tert-OH is 1. The number of nitrogens with two attached hydrogens (primary N) is 1. The Labute approximate surface area is 109 Å². The number of benzene rings is 1. The van der Waals surface area contributed by atoms with Gasteiger partial charge in [-0.15, -0.1) is 0 Å². The Kier molecular flexibility index (Phi) is 5.04. The molecular weight excluding hydrogens is 290 g/mol. The Morgan fingerprint density at radius 1 is 1.24 bits per heavy atom. The molecule has 3 N–H and O–H groups in total. The lowest BCUT2D eigenvalue weighted by Gasteiger charge is -2.19. The quantitative estimate of drug-likeness (QED) is 0.861. The maximum Gasteiger partial charge on any atom is 0.178 e. The van der Waals surface area contributed by atoms with Gasteiger partial charge < -0.3 is 25.1 Å². The highest BCUT2D eigenvalue weighted by molar-refractivity contribution is 9.10. The average Bonchev–Trinajstić information content (AvgIpc) is 2.36. The molecule has 0 aliphatic heterocycles. The van der Waals surface area contributed by atoms with Crippen molar-refractivity contribution in [3.8, 4) is 17.2 Å². The summed E-state index contributed by atoms with van der Waals surface area (Å²) in [5.41, 5.74) is 6.46. The first-order chi connectivity index (χ1) is 8.10. The summed E-state index contributed by atoms with van der Waals surface area (Å²) in [7, 11) is 4.60. The lowest BCUT2D eigenvalue weighted by Crippen LogP contribution is -2.16. The van der Waals surface area contributed by atoms with Gasteiger partial charge in [0.15, 0.2) is 11.5 Å². The second-order valence-electron chi connectivity index (χ2n) is 3.34. The zero-order chi connectivity index (χ0) is 13.0. The molecule has 1 rings (SSSR count). The van der Waals surface area contributed by atoms with Crippen LogP contribution in [0.1, 0.15) is 11.6 Å². The molecule has 0 aliphatic carbocycles. The van der Waals surface area contributed by atoms with Crippen LogP contribution in [0.4, 0.5) is 0 Å². The van der Waals surface area contributed by atoms with Crippen LogP contribution in [0.5, 0.6) is 17.2 Å². The minimum atomic E-state index is -0.541. The predicted molar refractivity (Wildman–Crippen MR) is 67.8 cm³/mol. The molecule has 17 heavy (non-hydrogen) atoms. The van der Waals surface area contributed by atoms with Gasteiger partial charge in [0.05, 0.1) is 34.0 Å². The van der Waals surface area contributed by atoms with Crippen molar-refractivity contribution >= 4 is 15.9 Å². The second-order valence-corrected chi connectivity index (χ2v) is 4.13. The normalized spacial score (nSPS) is 12.1. The standard InChI is InChI=1S/C11H16BrNO4/c1-15-8-4-6(7(13)5-14)10(16-2)9(12)11(8)17-3/h4,7,14H,5,13H2,1-3H3. The summed E-state index contributed by atoms with van der Waals surface area (Å²) < 4.78 is 16.3. The summed E-state index contributed by atoms with van der Waals surface area (Å²) in [5.74, 6) is 1.58. The van der Waals surface area contributed by atoms with E-state index in [0.29, 0.717) is 27.3 Å². The van der Waals surface area contributed by atoms with Crippen molar-refractivity contribution in [1.29, 1.82) is 0 Å². The van der Waals surface area contributed by atoms with Crippen LogP contribution in [0.3, 0.4) is 0 Å². The van der Waals surface area contributed by atoms with Gasteiger partial charge in [-0.05, 0) is 22.0 Å². The monoisotopic (exact) mass is 305 g/mol. The van der Waals surface area contributed by atoms with Crippen molar-refractivity contribution in [1.82, 2.24) is 0 Å². The Balaban J connectivity index is 3.45. The Hall–Kier alpha value is -0.980. The third-order valence-corrected chi connectivity index (χ3v) is 3.12. The van der Waals surface area contributed by atoms with Crippen LogP contribution in [0, 0.1) is 0 Å². The van der Waals surface area contributed by atoms with E-state index in [2.05, 4.69) is 15.9 Å². The van der Waals surface area contributed by atoms with Crippen LogP contribution >= 0.6 is 15.9 Å². The van der Waals surface area contributed by atoms with E-state index >= 15 is 0 Å². The van der Waals surface area contributed by atoms with Crippen LogP contribution in [0.2, 0.25) is 0 Å². The molecule has 0 saturated carbocycles. The minimum absolute atomic E-state index is 0.182. The number of methoxy groups -OCH3 is 3. The van der Waals surface area contributed by atoms with Crippen LogP contribution < -0.4 is 19.9 Å². The smallest absolute Gasteiger partial charge is 0.178 e. The van der Waals surface area contributed by atoms with Gasteiger partial charge in [0.2, 0.25) is 0 Å². The van der Waals surface area contributed by atoms with Gasteiger partial charge >= 0.3 is 0 Å². The molecule has 5 nitrogen and oxygen atoms in total. The zero-order valence-electron chi connectivity index (χ0n) is 9.99. The molecule has 0 spiro atoms. The molecule has 0 aromatic heterocycles. The summed E-state index contributed by atoms with van der Waals surface area (Å²) in [6.45, 7) is -0.182. The van der Waals surface area contributed by atoms with Gasteiger partial charge in [-0.25, -0.2) is 0 Å². The summed E-state index contributed by atoms with van der Waals surface area (Å²) in [6, 6.07) is 1.16. The molecule has 1 aromatic carbocycles. The van der Waals surface area contributed by atoms with E-state index in [1.165, 1.54) is 21.3 Å².